The Hall–Kier alpha value is -0.0200. The highest BCUT2D eigenvalue weighted by Gasteiger charge is 2.16. The number of ketones is 1. The van der Waals surface area contributed by atoms with Gasteiger partial charge in [0.1, 0.15) is 6.61 Å². The van der Waals surface area contributed by atoms with Crippen molar-refractivity contribution in [1.29, 1.82) is 0 Å². The van der Waals surface area contributed by atoms with Gasteiger partial charge in [0.2, 0.25) is 0 Å². The molecule has 1 rings (SSSR count). The van der Waals surface area contributed by atoms with Gasteiger partial charge in [0.25, 0.3) is 0 Å². The van der Waals surface area contributed by atoms with Crippen LogP contribution in [0.15, 0.2) is 0 Å². The van der Waals surface area contributed by atoms with E-state index in [9.17, 15) is 4.79 Å². The van der Waals surface area contributed by atoms with Crippen molar-refractivity contribution < 1.29 is 9.53 Å². The number of rotatable bonds is 7. The highest BCUT2D eigenvalue weighted by atomic mass is 32.2. The molecule has 0 bridgehead atoms. The van der Waals surface area contributed by atoms with Crippen LogP contribution in [0.25, 0.3) is 0 Å². The van der Waals surface area contributed by atoms with Gasteiger partial charge < -0.3 is 4.74 Å². The van der Waals surface area contributed by atoms with Crippen molar-refractivity contribution in [3.05, 3.63) is 0 Å². The molecule has 0 atom stereocenters. The first-order valence-electron chi connectivity index (χ1n) is 5.54. The van der Waals surface area contributed by atoms with Gasteiger partial charge in [-0.25, -0.2) is 0 Å². The second kappa shape index (κ2) is 7.30. The fourth-order valence-corrected chi connectivity index (χ4v) is 2.81. The minimum atomic E-state index is 0.246. The van der Waals surface area contributed by atoms with E-state index in [1.54, 1.807) is 0 Å². The van der Waals surface area contributed by atoms with E-state index < -0.39 is 0 Å². The van der Waals surface area contributed by atoms with Crippen molar-refractivity contribution in [2.75, 3.05) is 19.0 Å². The molecule has 0 heterocycles. The van der Waals surface area contributed by atoms with Crippen LogP contribution < -0.4 is 0 Å². The first kappa shape index (κ1) is 12.1. The standard InChI is InChI=1S/C11H20O2S/c1-2-7-13-8-10(12)9-14-11-5-3-4-6-11/h11H,2-9H2,1H3. The minimum Gasteiger partial charge on any atom is -0.374 e. The molecule has 1 saturated carbocycles. The summed E-state index contributed by atoms with van der Waals surface area (Å²) in [6.45, 7) is 3.07. The van der Waals surface area contributed by atoms with E-state index in [-0.39, 0.29) is 5.78 Å². The SMILES string of the molecule is CCCOCC(=O)CSC1CCCC1. The first-order valence-corrected chi connectivity index (χ1v) is 6.59. The van der Waals surface area contributed by atoms with Crippen LogP contribution in [0.2, 0.25) is 0 Å². The van der Waals surface area contributed by atoms with Crippen molar-refractivity contribution >= 4 is 17.5 Å². The van der Waals surface area contributed by atoms with E-state index in [1.165, 1.54) is 25.7 Å². The van der Waals surface area contributed by atoms with Gasteiger partial charge in [-0.2, -0.15) is 11.8 Å². The van der Waals surface area contributed by atoms with Crippen LogP contribution in [-0.4, -0.2) is 30.0 Å². The van der Waals surface area contributed by atoms with Gasteiger partial charge in [-0.3, -0.25) is 4.79 Å². The summed E-state index contributed by atoms with van der Waals surface area (Å²) in [4.78, 5) is 11.3. The largest absolute Gasteiger partial charge is 0.374 e. The normalized spacial score (nSPS) is 17.5. The average molecular weight is 216 g/mol. The van der Waals surface area contributed by atoms with Crippen LogP contribution >= 0.6 is 11.8 Å². The van der Waals surface area contributed by atoms with Gasteiger partial charge in [0.05, 0.1) is 5.75 Å². The fraction of sp³-hybridized carbons (Fsp3) is 0.909. The van der Waals surface area contributed by atoms with Crippen LogP contribution in [-0.2, 0) is 9.53 Å². The highest BCUT2D eigenvalue weighted by Crippen LogP contribution is 2.29. The van der Waals surface area contributed by atoms with Gasteiger partial charge in [-0.15, -0.1) is 0 Å². The Morgan fingerprint density at radius 2 is 2.14 bits per heavy atom. The van der Waals surface area contributed by atoms with E-state index in [2.05, 4.69) is 6.92 Å². The summed E-state index contributed by atoms with van der Waals surface area (Å²) in [6, 6.07) is 0. The lowest BCUT2D eigenvalue weighted by atomic mass is 10.4. The lowest BCUT2D eigenvalue weighted by Gasteiger charge is -2.07. The van der Waals surface area contributed by atoms with Crippen LogP contribution in [0.5, 0.6) is 0 Å². The van der Waals surface area contributed by atoms with Crippen LogP contribution in [0.3, 0.4) is 0 Å². The predicted octanol–water partition coefficient (Wildman–Crippen LogP) is 2.66. The maximum Gasteiger partial charge on any atom is 0.168 e. The molecule has 0 aromatic heterocycles. The molecule has 1 aliphatic rings. The number of thioether (sulfide) groups is 1. The summed E-state index contributed by atoms with van der Waals surface area (Å²) < 4.78 is 5.20. The molecule has 2 nitrogen and oxygen atoms in total. The van der Waals surface area contributed by atoms with Gasteiger partial charge in [-0.1, -0.05) is 19.8 Å². The molecule has 0 aromatic carbocycles. The number of carbonyl (C=O) groups excluding carboxylic acids is 1. The molecule has 82 valence electrons. The molecular formula is C11H20O2S. The molecule has 0 amide bonds. The molecule has 0 aliphatic heterocycles. The molecule has 0 N–H and O–H groups in total. The van der Waals surface area contributed by atoms with Crippen molar-refractivity contribution in [1.82, 2.24) is 0 Å². The van der Waals surface area contributed by atoms with E-state index >= 15 is 0 Å². The zero-order chi connectivity index (χ0) is 10.2. The molecule has 1 aliphatic carbocycles. The van der Waals surface area contributed by atoms with Crippen LogP contribution in [0, 0.1) is 0 Å². The number of Topliss-reactive ketones (excluding diaryl/α,β-unsaturated/α-hetero) is 1. The van der Waals surface area contributed by atoms with Gasteiger partial charge >= 0.3 is 0 Å². The molecular weight excluding hydrogens is 196 g/mol. The molecule has 0 spiro atoms. The predicted molar refractivity (Wildman–Crippen MR) is 60.8 cm³/mol. The summed E-state index contributed by atoms with van der Waals surface area (Å²) in [5.74, 6) is 0.893. The maximum absolute atomic E-state index is 11.3. The third-order valence-corrected chi connectivity index (χ3v) is 3.83. The lowest BCUT2D eigenvalue weighted by Crippen LogP contribution is -2.13. The Kier molecular flexibility index (Phi) is 6.28. The van der Waals surface area contributed by atoms with E-state index in [4.69, 9.17) is 4.74 Å². The number of hydrogen-bond donors (Lipinski definition) is 0. The van der Waals surface area contributed by atoms with Crippen LogP contribution in [0.1, 0.15) is 39.0 Å². The quantitative estimate of drug-likeness (QED) is 0.612. The fourth-order valence-electron chi connectivity index (χ4n) is 1.64. The number of ether oxygens (including phenoxy) is 1. The monoisotopic (exact) mass is 216 g/mol. The average Bonchev–Trinajstić information content (AvgIpc) is 2.68. The van der Waals surface area contributed by atoms with Crippen LogP contribution in [0.4, 0.5) is 0 Å². The van der Waals surface area contributed by atoms with Crippen molar-refractivity contribution in [3.8, 4) is 0 Å². The molecule has 0 saturated heterocycles. The van der Waals surface area contributed by atoms with Gasteiger partial charge in [0.15, 0.2) is 5.78 Å². The Labute approximate surface area is 90.8 Å². The minimum absolute atomic E-state index is 0.246. The number of carbonyl (C=O) groups is 1. The first-order chi connectivity index (χ1) is 6.83. The maximum atomic E-state index is 11.3. The summed E-state index contributed by atoms with van der Waals surface area (Å²) in [6.07, 6.45) is 6.28. The number of hydrogen-bond acceptors (Lipinski definition) is 3. The Morgan fingerprint density at radius 3 is 2.79 bits per heavy atom. The van der Waals surface area contributed by atoms with E-state index in [0.29, 0.717) is 19.0 Å². The topological polar surface area (TPSA) is 26.3 Å². The Balaban J connectivity index is 1.96. The summed E-state index contributed by atoms with van der Waals surface area (Å²) in [7, 11) is 0. The zero-order valence-electron chi connectivity index (χ0n) is 8.96. The molecule has 3 heteroatoms. The molecule has 0 unspecified atom stereocenters. The molecule has 0 aromatic rings. The Bertz CT molecular complexity index is 165. The molecule has 0 radical (unpaired) electrons. The lowest BCUT2D eigenvalue weighted by molar-refractivity contribution is -0.121. The van der Waals surface area contributed by atoms with Gasteiger partial charge in [0, 0.05) is 11.9 Å². The smallest absolute Gasteiger partial charge is 0.168 e. The summed E-state index contributed by atoms with van der Waals surface area (Å²) in [5, 5.41) is 0.741. The zero-order valence-corrected chi connectivity index (χ0v) is 9.78. The van der Waals surface area contributed by atoms with Crippen molar-refractivity contribution in [3.63, 3.8) is 0 Å². The van der Waals surface area contributed by atoms with Crippen molar-refractivity contribution in [2.24, 2.45) is 0 Å². The second-order valence-corrected chi connectivity index (χ2v) is 5.10. The summed E-state index contributed by atoms with van der Waals surface area (Å²) >= 11 is 1.82. The Morgan fingerprint density at radius 1 is 1.43 bits per heavy atom. The molecule has 14 heavy (non-hydrogen) atoms. The highest BCUT2D eigenvalue weighted by molar-refractivity contribution is 8.00. The second-order valence-electron chi connectivity index (χ2n) is 3.81. The third-order valence-electron chi connectivity index (χ3n) is 2.39. The van der Waals surface area contributed by atoms with E-state index in [0.717, 1.165) is 11.7 Å². The van der Waals surface area contributed by atoms with Crippen molar-refractivity contribution in [2.45, 2.75) is 44.3 Å². The summed E-state index contributed by atoms with van der Waals surface area (Å²) in [5.41, 5.74) is 0. The molecule has 1 fully saturated rings. The van der Waals surface area contributed by atoms with Gasteiger partial charge in [-0.05, 0) is 19.3 Å². The van der Waals surface area contributed by atoms with E-state index in [1.807, 2.05) is 11.8 Å². The third kappa shape index (κ3) is 5.01.